The Bertz CT molecular complexity index is 1630. The lowest BCUT2D eigenvalue weighted by Gasteiger charge is -2.11. The van der Waals surface area contributed by atoms with Crippen LogP contribution in [0.1, 0.15) is 43.5 Å². The summed E-state index contributed by atoms with van der Waals surface area (Å²) in [5, 5.41) is 0.678. The number of ketones is 1. The van der Waals surface area contributed by atoms with Crippen molar-refractivity contribution in [3.8, 4) is 5.69 Å². The Labute approximate surface area is 220 Å². The molecule has 6 nitrogen and oxygen atoms in total. The van der Waals surface area contributed by atoms with E-state index in [1.807, 2.05) is 96.6 Å². The predicted octanol–water partition coefficient (Wildman–Crippen LogP) is 6.49. The second-order valence-corrected chi connectivity index (χ2v) is 9.40. The van der Waals surface area contributed by atoms with Gasteiger partial charge >= 0.3 is 5.97 Å². The molecule has 0 unspecified atom stereocenters. The summed E-state index contributed by atoms with van der Waals surface area (Å²) in [6.45, 7) is 5.96. The maximum Gasteiger partial charge on any atom is 0.338 e. The zero-order chi connectivity index (χ0) is 26.1. The van der Waals surface area contributed by atoms with E-state index in [2.05, 4.69) is 4.98 Å². The third kappa shape index (κ3) is 4.80. The van der Waals surface area contributed by atoms with Crippen LogP contribution in [0, 0.1) is 20.8 Å². The van der Waals surface area contributed by atoms with Crippen LogP contribution in [0.15, 0.2) is 78.9 Å². The molecule has 0 saturated heterocycles. The van der Waals surface area contributed by atoms with Gasteiger partial charge in [0.25, 0.3) is 0 Å². The largest absolute Gasteiger partial charge is 0.454 e. The van der Waals surface area contributed by atoms with Crippen LogP contribution >= 0.6 is 11.6 Å². The van der Waals surface area contributed by atoms with Gasteiger partial charge < -0.3 is 9.30 Å². The van der Waals surface area contributed by atoms with Gasteiger partial charge in [-0.1, -0.05) is 48.0 Å². The van der Waals surface area contributed by atoms with Gasteiger partial charge in [-0.25, -0.2) is 9.78 Å². The van der Waals surface area contributed by atoms with Crippen molar-refractivity contribution >= 4 is 34.4 Å². The Morgan fingerprint density at radius 1 is 0.919 bits per heavy atom. The van der Waals surface area contributed by atoms with Gasteiger partial charge in [0.05, 0.1) is 16.6 Å². The Hall–Kier alpha value is -4.16. The predicted molar refractivity (Wildman–Crippen MR) is 145 cm³/mol. The normalized spacial score (nSPS) is 11.1. The van der Waals surface area contributed by atoms with E-state index in [1.54, 1.807) is 12.1 Å². The van der Waals surface area contributed by atoms with Crippen LogP contribution in [0.2, 0.25) is 5.02 Å². The van der Waals surface area contributed by atoms with Gasteiger partial charge in [-0.3, -0.25) is 9.36 Å². The van der Waals surface area contributed by atoms with Crippen LogP contribution in [0.4, 0.5) is 0 Å². The number of fused-ring (bicyclic) bond motifs is 1. The van der Waals surface area contributed by atoms with Crippen molar-refractivity contribution in [3.63, 3.8) is 0 Å². The molecule has 0 spiro atoms. The number of aryl methyl sites for hydroxylation is 2. The van der Waals surface area contributed by atoms with Crippen molar-refractivity contribution in [2.45, 2.75) is 27.3 Å². The zero-order valence-corrected chi connectivity index (χ0v) is 21.6. The lowest BCUT2D eigenvalue weighted by atomic mass is 10.1. The number of halogens is 1. The van der Waals surface area contributed by atoms with Crippen molar-refractivity contribution < 1.29 is 14.3 Å². The fraction of sp³-hybridized carbons (Fsp3) is 0.167. The van der Waals surface area contributed by atoms with E-state index >= 15 is 0 Å². The highest BCUT2D eigenvalue weighted by molar-refractivity contribution is 6.31. The van der Waals surface area contributed by atoms with E-state index in [1.165, 1.54) is 0 Å². The molecule has 0 atom stereocenters. The standard InChI is InChI=1S/C30H26ClN3O3/c1-19-15-25(20(2)33(19)17-23-9-7-8-12-26(23)31)29(35)18-37-30(36)22-13-14-28-27(16-22)32-21(3)34(28)24-10-5-4-6-11-24/h4-16H,17-18H2,1-3H3. The highest BCUT2D eigenvalue weighted by atomic mass is 35.5. The smallest absolute Gasteiger partial charge is 0.338 e. The first-order valence-corrected chi connectivity index (χ1v) is 12.4. The first-order valence-electron chi connectivity index (χ1n) is 12.0. The summed E-state index contributed by atoms with van der Waals surface area (Å²) in [4.78, 5) is 30.4. The number of hydrogen-bond acceptors (Lipinski definition) is 4. The molecule has 0 bridgehead atoms. The van der Waals surface area contributed by atoms with Crippen LogP contribution in [-0.2, 0) is 11.3 Å². The number of rotatable bonds is 7. The number of nitrogens with zero attached hydrogens (tertiary/aromatic N) is 3. The molecular weight excluding hydrogens is 486 g/mol. The molecule has 2 heterocycles. The Morgan fingerprint density at radius 2 is 1.65 bits per heavy atom. The molecule has 5 aromatic rings. The average Bonchev–Trinajstić information content (AvgIpc) is 3.38. The van der Waals surface area contributed by atoms with E-state index in [4.69, 9.17) is 16.3 Å². The Morgan fingerprint density at radius 3 is 2.41 bits per heavy atom. The quantitative estimate of drug-likeness (QED) is 0.185. The minimum Gasteiger partial charge on any atom is -0.454 e. The number of aromatic nitrogens is 3. The number of carbonyl (C=O) groups excluding carboxylic acids is 2. The summed E-state index contributed by atoms with van der Waals surface area (Å²) in [6.07, 6.45) is 0. The van der Waals surface area contributed by atoms with E-state index in [-0.39, 0.29) is 12.4 Å². The lowest BCUT2D eigenvalue weighted by molar-refractivity contribution is 0.0474. The highest BCUT2D eigenvalue weighted by Crippen LogP contribution is 2.24. The van der Waals surface area contributed by atoms with Crippen molar-refractivity contribution in [2.24, 2.45) is 0 Å². The molecule has 2 aromatic heterocycles. The number of esters is 1. The first kappa shape index (κ1) is 24.5. The molecule has 0 aliphatic heterocycles. The summed E-state index contributed by atoms with van der Waals surface area (Å²) in [6, 6.07) is 24.6. The van der Waals surface area contributed by atoms with E-state index < -0.39 is 5.97 Å². The van der Waals surface area contributed by atoms with Crippen molar-refractivity contribution in [3.05, 3.63) is 118 Å². The van der Waals surface area contributed by atoms with Crippen LogP contribution in [0.3, 0.4) is 0 Å². The van der Waals surface area contributed by atoms with Crippen LogP contribution < -0.4 is 0 Å². The van der Waals surface area contributed by atoms with Gasteiger partial charge in [-0.05, 0) is 68.8 Å². The number of hydrogen-bond donors (Lipinski definition) is 0. The second kappa shape index (κ2) is 10.1. The third-order valence-corrected chi connectivity index (χ3v) is 6.94. The SMILES string of the molecule is Cc1cc(C(=O)COC(=O)c2ccc3c(c2)nc(C)n3-c2ccccc2)c(C)n1Cc1ccccc1Cl. The molecule has 0 fully saturated rings. The number of imidazole rings is 1. The molecule has 0 aliphatic carbocycles. The van der Waals surface area contributed by atoms with Gasteiger partial charge in [-0.15, -0.1) is 0 Å². The average molecular weight is 512 g/mol. The number of benzene rings is 3. The first-order chi connectivity index (χ1) is 17.8. The molecule has 186 valence electrons. The van der Waals surface area contributed by atoms with E-state index in [9.17, 15) is 9.59 Å². The van der Waals surface area contributed by atoms with Crippen molar-refractivity contribution in [2.75, 3.05) is 6.61 Å². The molecule has 0 aliphatic rings. The molecular formula is C30H26ClN3O3. The highest BCUT2D eigenvalue weighted by Gasteiger charge is 2.19. The zero-order valence-electron chi connectivity index (χ0n) is 20.9. The van der Waals surface area contributed by atoms with Crippen molar-refractivity contribution in [1.29, 1.82) is 0 Å². The van der Waals surface area contributed by atoms with Gasteiger partial charge in [0, 0.05) is 34.2 Å². The summed E-state index contributed by atoms with van der Waals surface area (Å²) in [7, 11) is 0. The molecule has 3 aromatic carbocycles. The maximum absolute atomic E-state index is 13.0. The van der Waals surface area contributed by atoms with Crippen LogP contribution in [-0.4, -0.2) is 32.5 Å². The molecule has 0 amide bonds. The van der Waals surface area contributed by atoms with Gasteiger partial charge in [-0.2, -0.15) is 0 Å². The fourth-order valence-corrected chi connectivity index (χ4v) is 4.84. The number of ether oxygens (including phenoxy) is 1. The van der Waals surface area contributed by atoms with E-state index in [0.717, 1.165) is 34.0 Å². The van der Waals surface area contributed by atoms with Crippen LogP contribution in [0.25, 0.3) is 16.7 Å². The molecule has 7 heteroatoms. The Balaban J connectivity index is 1.30. The number of para-hydroxylation sites is 1. The van der Waals surface area contributed by atoms with Crippen LogP contribution in [0.5, 0.6) is 0 Å². The van der Waals surface area contributed by atoms with Gasteiger partial charge in [0.2, 0.25) is 5.78 Å². The molecule has 0 radical (unpaired) electrons. The lowest BCUT2D eigenvalue weighted by Crippen LogP contribution is -2.15. The maximum atomic E-state index is 13.0. The number of Topliss-reactive ketones (excluding diaryl/α,β-unsaturated/α-hetero) is 1. The topological polar surface area (TPSA) is 66.1 Å². The third-order valence-electron chi connectivity index (χ3n) is 6.57. The summed E-state index contributed by atoms with van der Waals surface area (Å²) in [5.74, 6) is -0.00165. The van der Waals surface area contributed by atoms with Gasteiger partial charge in [0.15, 0.2) is 6.61 Å². The minimum atomic E-state index is -0.563. The Kier molecular flexibility index (Phi) is 6.68. The molecule has 5 rings (SSSR count). The summed E-state index contributed by atoms with van der Waals surface area (Å²) >= 11 is 6.32. The molecule has 37 heavy (non-hydrogen) atoms. The monoisotopic (exact) mass is 511 g/mol. The van der Waals surface area contributed by atoms with E-state index in [0.29, 0.717) is 28.2 Å². The number of carbonyl (C=O) groups is 2. The summed E-state index contributed by atoms with van der Waals surface area (Å²) in [5.41, 5.74) is 6.16. The molecule has 0 N–H and O–H groups in total. The second-order valence-electron chi connectivity index (χ2n) is 9.00. The molecule has 0 saturated carbocycles. The van der Waals surface area contributed by atoms with Gasteiger partial charge in [0.1, 0.15) is 5.82 Å². The fourth-order valence-electron chi connectivity index (χ4n) is 4.65. The summed E-state index contributed by atoms with van der Waals surface area (Å²) < 4.78 is 9.47. The van der Waals surface area contributed by atoms with Crippen molar-refractivity contribution in [1.82, 2.24) is 14.1 Å². The minimum absolute atomic E-state index is 0.253.